The molecule has 0 saturated heterocycles. The second kappa shape index (κ2) is 4.86. The summed E-state index contributed by atoms with van der Waals surface area (Å²) in [6, 6.07) is 3.99. The zero-order chi connectivity index (χ0) is 12.3. The van der Waals surface area contributed by atoms with Crippen LogP contribution >= 0.6 is 0 Å². The number of rotatable bonds is 4. The fraction of sp³-hybridized carbons (Fsp3) is 0.333. The molecule has 0 unspecified atom stereocenters. The van der Waals surface area contributed by atoms with Crippen LogP contribution in [-0.2, 0) is 13.6 Å². The SMILES string of the molecule is CN(C)c1ccncc1NCc1ccnn1C. The molecule has 0 bridgehead atoms. The fourth-order valence-corrected chi connectivity index (χ4v) is 1.67. The van der Waals surface area contributed by atoms with Gasteiger partial charge in [0.2, 0.25) is 0 Å². The quantitative estimate of drug-likeness (QED) is 0.866. The Balaban J connectivity index is 2.11. The number of pyridine rings is 1. The zero-order valence-corrected chi connectivity index (χ0v) is 10.4. The van der Waals surface area contributed by atoms with E-state index in [2.05, 4.69) is 20.3 Å². The van der Waals surface area contributed by atoms with Crippen molar-refractivity contribution in [2.75, 3.05) is 24.3 Å². The molecule has 0 aromatic carbocycles. The van der Waals surface area contributed by atoms with Gasteiger partial charge in [-0.2, -0.15) is 5.10 Å². The van der Waals surface area contributed by atoms with Gasteiger partial charge in [0.1, 0.15) is 0 Å². The molecular weight excluding hydrogens is 214 g/mol. The van der Waals surface area contributed by atoms with Crippen molar-refractivity contribution in [1.82, 2.24) is 14.8 Å². The third-order valence-corrected chi connectivity index (χ3v) is 2.66. The maximum atomic E-state index is 4.14. The Morgan fingerprint density at radius 1 is 1.29 bits per heavy atom. The van der Waals surface area contributed by atoms with Gasteiger partial charge in [0.25, 0.3) is 0 Å². The lowest BCUT2D eigenvalue weighted by Crippen LogP contribution is -2.13. The first-order valence-corrected chi connectivity index (χ1v) is 5.50. The standard InChI is InChI=1S/C12H17N5/c1-16(2)12-5-6-13-9-11(12)14-8-10-4-7-15-17(10)3/h4-7,9,14H,8H2,1-3H3. The topological polar surface area (TPSA) is 46.0 Å². The molecule has 2 aromatic rings. The molecule has 0 aliphatic heterocycles. The van der Waals surface area contributed by atoms with Crippen LogP contribution in [0.1, 0.15) is 5.69 Å². The fourth-order valence-electron chi connectivity index (χ4n) is 1.67. The molecule has 0 radical (unpaired) electrons. The number of nitrogens with one attached hydrogen (secondary N) is 1. The first-order valence-electron chi connectivity index (χ1n) is 5.50. The number of anilines is 2. The van der Waals surface area contributed by atoms with Crippen LogP contribution in [0.4, 0.5) is 11.4 Å². The average Bonchev–Trinajstić information content (AvgIpc) is 2.72. The van der Waals surface area contributed by atoms with E-state index in [9.17, 15) is 0 Å². The molecule has 0 fully saturated rings. The van der Waals surface area contributed by atoms with Crippen molar-refractivity contribution < 1.29 is 0 Å². The average molecular weight is 231 g/mol. The van der Waals surface area contributed by atoms with Crippen LogP contribution in [0.15, 0.2) is 30.7 Å². The van der Waals surface area contributed by atoms with Crippen LogP contribution in [0, 0.1) is 0 Å². The van der Waals surface area contributed by atoms with Crippen LogP contribution in [-0.4, -0.2) is 28.9 Å². The molecule has 0 spiro atoms. The van der Waals surface area contributed by atoms with E-state index in [-0.39, 0.29) is 0 Å². The van der Waals surface area contributed by atoms with E-state index < -0.39 is 0 Å². The molecule has 0 aliphatic rings. The van der Waals surface area contributed by atoms with Crippen molar-refractivity contribution in [1.29, 1.82) is 0 Å². The Bertz CT molecular complexity index is 489. The van der Waals surface area contributed by atoms with Crippen molar-refractivity contribution in [3.63, 3.8) is 0 Å². The van der Waals surface area contributed by atoms with Crippen molar-refractivity contribution >= 4 is 11.4 Å². The molecule has 5 heteroatoms. The molecule has 0 atom stereocenters. The van der Waals surface area contributed by atoms with Crippen molar-refractivity contribution in [2.24, 2.45) is 7.05 Å². The predicted octanol–water partition coefficient (Wildman–Crippen LogP) is 1.49. The zero-order valence-electron chi connectivity index (χ0n) is 10.4. The van der Waals surface area contributed by atoms with Gasteiger partial charge in [0, 0.05) is 33.5 Å². The minimum Gasteiger partial charge on any atom is -0.376 e. The van der Waals surface area contributed by atoms with E-state index >= 15 is 0 Å². The van der Waals surface area contributed by atoms with Gasteiger partial charge in [-0.05, 0) is 12.1 Å². The van der Waals surface area contributed by atoms with Gasteiger partial charge in [-0.1, -0.05) is 0 Å². The Morgan fingerprint density at radius 2 is 2.12 bits per heavy atom. The van der Waals surface area contributed by atoms with Gasteiger partial charge in [0.15, 0.2) is 0 Å². The Labute approximate surface area is 101 Å². The summed E-state index contributed by atoms with van der Waals surface area (Å²) in [6.07, 6.45) is 5.43. The third-order valence-electron chi connectivity index (χ3n) is 2.66. The van der Waals surface area contributed by atoms with E-state index in [0.29, 0.717) is 0 Å². The molecular formula is C12H17N5. The molecule has 0 aliphatic carbocycles. The predicted molar refractivity (Wildman–Crippen MR) is 69.1 cm³/mol. The van der Waals surface area contributed by atoms with E-state index in [1.807, 2.05) is 44.2 Å². The first kappa shape index (κ1) is 11.4. The van der Waals surface area contributed by atoms with Crippen molar-refractivity contribution in [2.45, 2.75) is 6.54 Å². The van der Waals surface area contributed by atoms with Gasteiger partial charge in [-0.15, -0.1) is 0 Å². The van der Waals surface area contributed by atoms with Crippen molar-refractivity contribution in [3.8, 4) is 0 Å². The second-order valence-electron chi connectivity index (χ2n) is 4.09. The van der Waals surface area contributed by atoms with Crippen LogP contribution in [0.25, 0.3) is 0 Å². The molecule has 5 nitrogen and oxygen atoms in total. The second-order valence-corrected chi connectivity index (χ2v) is 4.09. The summed E-state index contributed by atoms with van der Waals surface area (Å²) < 4.78 is 1.86. The molecule has 1 N–H and O–H groups in total. The van der Waals surface area contributed by atoms with E-state index in [1.54, 1.807) is 12.4 Å². The highest BCUT2D eigenvalue weighted by molar-refractivity contribution is 5.67. The molecule has 0 amide bonds. The highest BCUT2D eigenvalue weighted by Crippen LogP contribution is 2.22. The number of aromatic nitrogens is 3. The summed E-state index contributed by atoms with van der Waals surface area (Å²) in [4.78, 5) is 6.20. The number of aryl methyl sites for hydroxylation is 1. The van der Waals surface area contributed by atoms with E-state index in [0.717, 1.165) is 23.6 Å². The summed E-state index contributed by atoms with van der Waals surface area (Å²) in [5.41, 5.74) is 3.29. The number of hydrogen-bond donors (Lipinski definition) is 1. The monoisotopic (exact) mass is 231 g/mol. The molecule has 2 aromatic heterocycles. The number of hydrogen-bond acceptors (Lipinski definition) is 4. The van der Waals surface area contributed by atoms with Crippen molar-refractivity contribution in [3.05, 3.63) is 36.4 Å². The highest BCUT2D eigenvalue weighted by atomic mass is 15.3. The minimum absolute atomic E-state index is 0.739. The molecule has 2 heterocycles. The van der Waals surface area contributed by atoms with Crippen LogP contribution in [0.5, 0.6) is 0 Å². The van der Waals surface area contributed by atoms with E-state index in [1.165, 1.54) is 0 Å². The van der Waals surface area contributed by atoms with Gasteiger partial charge in [0.05, 0.1) is 29.8 Å². The molecule has 2 rings (SSSR count). The van der Waals surface area contributed by atoms with Gasteiger partial charge < -0.3 is 10.2 Å². The third kappa shape index (κ3) is 2.55. The van der Waals surface area contributed by atoms with E-state index in [4.69, 9.17) is 0 Å². The first-order chi connectivity index (χ1) is 8.18. The van der Waals surface area contributed by atoms with Crippen LogP contribution < -0.4 is 10.2 Å². The smallest absolute Gasteiger partial charge is 0.0767 e. The molecule has 90 valence electrons. The Kier molecular flexibility index (Phi) is 3.27. The molecule has 0 saturated carbocycles. The lowest BCUT2D eigenvalue weighted by Gasteiger charge is -2.17. The van der Waals surface area contributed by atoms with Gasteiger partial charge >= 0.3 is 0 Å². The minimum atomic E-state index is 0.739. The van der Waals surface area contributed by atoms with Crippen LogP contribution in [0.2, 0.25) is 0 Å². The Hall–Kier alpha value is -2.04. The van der Waals surface area contributed by atoms with Crippen LogP contribution in [0.3, 0.4) is 0 Å². The Morgan fingerprint density at radius 3 is 2.76 bits per heavy atom. The molecule has 17 heavy (non-hydrogen) atoms. The summed E-state index contributed by atoms with van der Waals surface area (Å²) >= 11 is 0. The summed E-state index contributed by atoms with van der Waals surface area (Å²) in [5.74, 6) is 0. The van der Waals surface area contributed by atoms with Gasteiger partial charge in [-0.3, -0.25) is 9.67 Å². The summed E-state index contributed by atoms with van der Waals surface area (Å²) in [6.45, 7) is 0.739. The number of nitrogens with zero attached hydrogens (tertiary/aromatic N) is 4. The highest BCUT2D eigenvalue weighted by Gasteiger charge is 2.04. The largest absolute Gasteiger partial charge is 0.376 e. The normalized spacial score (nSPS) is 10.3. The summed E-state index contributed by atoms with van der Waals surface area (Å²) in [5, 5.41) is 7.51. The maximum absolute atomic E-state index is 4.14. The summed E-state index contributed by atoms with van der Waals surface area (Å²) in [7, 11) is 5.97. The van der Waals surface area contributed by atoms with Gasteiger partial charge in [-0.25, -0.2) is 0 Å². The maximum Gasteiger partial charge on any atom is 0.0767 e. The lowest BCUT2D eigenvalue weighted by molar-refractivity contribution is 0.720. The lowest BCUT2D eigenvalue weighted by atomic mass is 10.3.